The molecule has 2 heteroatoms. The van der Waals surface area contributed by atoms with Gasteiger partial charge in [0.1, 0.15) is 0 Å². The van der Waals surface area contributed by atoms with Crippen LogP contribution < -0.4 is 5.32 Å². The molecule has 0 aliphatic carbocycles. The molecule has 0 saturated carbocycles. The lowest BCUT2D eigenvalue weighted by Crippen LogP contribution is -2.20. The molecule has 0 amide bonds. The van der Waals surface area contributed by atoms with Gasteiger partial charge in [-0.1, -0.05) is 63.2 Å². The van der Waals surface area contributed by atoms with Crippen LogP contribution in [0.15, 0.2) is 35.9 Å². The highest BCUT2D eigenvalue weighted by molar-refractivity contribution is 6.29. The van der Waals surface area contributed by atoms with Gasteiger partial charge in [-0.05, 0) is 23.5 Å². The third kappa shape index (κ3) is 4.53. The Kier molecular flexibility index (Phi) is 4.79. The highest BCUT2D eigenvalue weighted by Crippen LogP contribution is 2.23. The van der Waals surface area contributed by atoms with Gasteiger partial charge in [0.2, 0.25) is 0 Å². The van der Waals surface area contributed by atoms with Crippen molar-refractivity contribution < 1.29 is 0 Å². The van der Waals surface area contributed by atoms with E-state index >= 15 is 0 Å². The number of nitrogens with one attached hydrogen (secondary N) is 1. The molecule has 1 N–H and O–H groups in total. The van der Waals surface area contributed by atoms with Gasteiger partial charge in [-0.25, -0.2) is 0 Å². The minimum absolute atomic E-state index is 0.208. The summed E-state index contributed by atoms with van der Waals surface area (Å²) in [6.07, 6.45) is 0. The Morgan fingerprint density at radius 3 is 2.24 bits per heavy atom. The Bertz CT molecular complexity index is 373. The molecule has 1 rings (SSSR count). The van der Waals surface area contributed by atoms with Crippen molar-refractivity contribution in [2.75, 3.05) is 6.54 Å². The molecule has 0 aliphatic heterocycles. The van der Waals surface area contributed by atoms with Gasteiger partial charge in [0.05, 0.1) is 0 Å². The van der Waals surface area contributed by atoms with E-state index in [0.29, 0.717) is 17.6 Å². The first-order valence-corrected chi connectivity index (χ1v) is 6.35. The zero-order valence-corrected chi connectivity index (χ0v) is 11.9. The maximum Gasteiger partial charge on any atom is 0.0313 e. The molecule has 1 unspecified atom stereocenters. The van der Waals surface area contributed by atoms with Crippen molar-refractivity contribution in [3.63, 3.8) is 0 Å². The van der Waals surface area contributed by atoms with Gasteiger partial charge in [-0.15, -0.1) is 0 Å². The van der Waals surface area contributed by atoms with Gasteiger partial charge in [0.15, 0.2) is 0 Å². The predicted octanol–water partition coefficient (Wildman–Crippen LogP) is 4.39. The van der Waals surface area contributed by atoms with Crippen molar-refractivity contribution in [3.8, 4) is 0 Å². The summed E-state index contributed by atoms with van der Waals surface area (Å²) in [4.78, 5) is 0. The summed E-state index contributed by atoms with van der Waals surface area (Å²) in [7, 11) is 0. The van der Waals surface area contributed by atoms with Gasteiger partial charge in [0.25, 0.3) is 0 Å². The SMILES string of the molecule is C=C(Cl)CNC(C)c1ccc(C(C)(C)C)cc1. The first-order valence-electron chi connectivity index (χ1n) is 5.98. The topological polar surface area (TPSA) is 12.0 Å². The standard InChI is InChI=1S/C15H22ClN/c1-11(16)10-17-12(2)13-6-8-14(9-7-13)15(3,4)5/h6-9,12,17H,1,10H2,2-5H3. The maximum absolute atomic E-state index is 5.74. The van der Waals surface area contributed by atoms with Crippen LogP contribution in [0, 0.1) is 0 Å². The van der Waals surface area contributed by atoms with Crippen LogP contribution in [0.2, 0.25) is 0 Å². The lowest BCUT2D eigenvalue weighted by Gasteiger charge is -2.20. The second-order valence-corrected chi connectivity index (χ2v) is 6.03. The summed E-state index contributed by atoms with van der Waals surface area (Å²) in [5, 5.41) is 3.97. The molecular weight excluding hydrogens is 230 g/mol. The molecule has 0 aliphatic rings. The second-order valence-electron chi connectivity index (χ2n) is 5.49. The third-order valence-electron chi connectivity index (χ3n) is 2.88. The Labute approximate surface area is 110 Å². The van der Waals surface area contributed by atoms with Crippen molar-refractivity contribution in [1.29, 1.82) is 0 Å². The van der Waals surface area contributed by atoms with Crippen LogP contribution in [0.5, 0.6) is 0 Å². The Morgan fingerprint density at radius 2 is 1.82 bits per heavy atom. The van der Waals surface area contributed by atoms with Crippen LogP contribution >= 0.6 is 11.6 Å². The van der Waals surface area contributed by atoms with E-state index < -0.39 is 0 Å². The normalized spacial score (nSPS) is 13.5. The Balaban J connectivity index is 2.70. The zero-order chi connectivity index (χ0) is 13.1. The zero-order valence-electron chi connectivity index (χ0n) is 11.2. The third-order valence-corrected chi connectivity index (χ3v) is 3.01. The van der Waals surface area contributed by atoms with E-state index in [-0.39, 0.29) is 5.41 Å². The van der Waals surface area contributed by atoms with E-state index in [1.165, 1.54) is 11.1 Å². The average Bonchev–Trinajstić information content (AvgIpc) is 2.25. The Morgan fingerprint density at radius 1 is 1.29 bits per heavy atom. The highest BCUT2D eigenvalue weighted by Gasteiger charge is 2.13. The molecule has 1 atom stereocenters. The predicted molar refractivity (Wildman–Crippen MR) is 76.6 cm³/mol. The largest absolute Gasteiger partial charge is 0.305 e. The highest BCUT2D eigenvalue weighted by atomic mass is 35.5. The van der Waals surface area contributed by atoms with Crippen molar-refractivity contribution in [2.45, 2.75) is 39.2 Å². The van der Waals surface area contributed by atoms with E-state index in [4.69, 9.17) is 11.6 Å². The molecule has 1 nitrogen and oxygen atoms in total. The summed E-state index contributed by atoms with van der Waals surface area (Å²) in [5.74, 6) is 0. The fourth-order valence-electron chi connectivity index (χ4n) is 1.65. The molecular formula is C15H22ClN. The summed E-state index contributed by atoms with van der Waals surface area (Å²) >= 11 is 5.74. The number of benzene rings is 1. The van der Waals surface area contributed by atoms with Crippen molar-refractivity contribution >= 4 is 11.6 Å². The van der Waals surface area contributed by atoms with Gasteiger partial charge >= 0.3 is 0 Å². The lowest BCUT2D eigenvalue weighted by molar-refractivity contribution is 0.586. The summed E-state index contributed by atoms with van der Waals surface area (Å²) in [6.45, 7) is 13.1. The molecule has 0 aromatic heterocycles. The number of halogens is 1. The molecule has 17 heavy (non-hydrogen) atoms. The first-order chi connectivity index (χ1) is 7.80. The number of hydrogen-bond acceptors (Lipinski definition) is 1. The summed E-state index contributed by atoms with van der Waals surface area (Å²) < 4.78 is 0. The minimum atomic E-state index is 0.208. The monoisotopic (exact) mass is 251 g/mol. The minimum Gasteiger partial charge on any atom is -0.305 e. The van der Waals surface area contributed by atoms with E-state index in [9.17, 15) is 0 Å². The molecule has 1 aromatic rings. The van der Waals surface area contributed by atoms with Gasteiger partial charge in [0, 0.05) is 17.6 Å². The lowest BCUT2D eigenvalue weighted by atomic mass is 9.86. The fourth-order valence-corrected chi connectivity index (χ4v) is 1.73. The van der Waals surface area contributed by atoms with Gasteiger partial charge in [-0.3, -0.25) is 0 Å². The summed E-state index contributed by atoms with van der Waals surface area (Å²) in [5.41, 5.74) is 2.84. The summed E-state index contributed by atoms with van der Waals surface area (Å²) in [6, 6.07) is 9.04. The molecule has 0 bridgehead atoms. The average molecular weight is 252 g/mol. The molecule has 0 fully saturated rings. The fraction of sp³-hybridized carbons (Fsp3) is 0.467. The molecule has 0 spiro atoms. The van der Waals surface area contributed by atoms with E-state index in [1.54, 1.807) is 0 Å². The molecule has 94 valence electrons. The van der Waals surface area contributed by atoms with Crippen LogP contribution in [0.4, 0.5) is 0 Å². The van der Waals surface area contributed by atoms with Crippen molar-refractivity contribution in [3.05, 3.63) is 47.0 Å². The number of rotatable bonds is 4. The second kappa shape index (κ2) is 5.70. The van der Waals surface area contributed by atoms with Gasteiger partial charge < -0.3 is 5.32 Å². The quantitative estimate of drug-likeness (QED) is 0.837. The van der Waals surface area contributed by atoms with Crippen LogP contribution in [0.25, 0.3) is 0 Å². The van der Waals surface area contributed by atoms with E-state index in [1.807, 2.05) is 0 Å². The van der Waals surface area contributed by atoms with E-state index in [2.05, 4.69) is 63.9 Å². The van der Waals surface area contributed by atoms with Gasteiger partial charge in [-0.2, -0.15) is 0 Å². The number of hydrogen-bond donors (Lipinski definition) is 1. The van der Waals surface area contributed by atoms with Crippen molar-refractivity contribution in [1.82, 2.24) is 5.32 Å². The van der Waals surface area contributed by atoms with Crippen LogP contribution in [0.3, 0.4) is 0 Å². The molecule has 0 radical (unpaired) electrons. The van der Waals surface area contributed by atoms with Crippen LogP contribution in [-0.4, -0.2) is 6.54 Å². The molecule has 0 saturated heterocycles. The van der Waals surface area contributed by atoms with Crippen molar-refractivity contribution in [2.24, 2.45) is 0 Å². The smallest absolute Gasteiger partial charge is 0.0313 e. The van der Waals surface area contributed by atoms with Crippen LogP contribution in [0.1, 0.15) is 44.9 Å². The van der Waals surface area contributed by atoms with Crippen LogP contribution in [-0.2, 0) is 5.41 Å². The first kappa shape index (κ1) is 14.3. The molecule has 1 aromatic carbocycles. The molecule has 0 heterocycles. The Hall–Kier alpha value is -0.790. The maximum atomic E-state index is 5.74. The van der Waals surface area contributed by atoms with E-state index in [0.717, 1.165) is 0 Å².